The van der Waals surface area contributed by atoms with E-state index >= 15 is 0 Å². The molecule has 0 bridgehead atoms. The zero-order valence-electron chi connectivity index (χ0n) is 11.5. The summed E-state index contributed by atoms with van der Waals surface area (Å²) in [4.78, 5) is 0. The molecule has 2 aliphatic carbocycles. The van der Waals surface area contributed by atoms with Crippen molar-refractivity contribution in [2.75, 3.05) is 0 Å². The van der Waals surface area contributed by atoms with Crippen LogP contribution in [0.5, 0.6) is 0 Å². The minimum absolute atomic E-state index is 0.201. The monoisotopic (exact) mass is 255 g/mol. The van der Waals surface area contributed by atoms with Gasteiger partial charge in [-0.15, -0.1) is 0 Å². The topological polar surface area (TPSA) is 44.0 Å². The van der Waals surface area contributed by atoms with Gasteiger partial charge in [-0.05, 0) is 42.7 Å². The van der Waals surface area contributed by atoms with Crippen LogP contribution in [-0.4, -0.2) is 10.7 Å². The first-order valence-corrected chi connectivity index (χ1v) is 7.36. The second kappa shape index (κ2) is 4.35. The van der Waals surface area contributed by atoms with Gasteiger partial charge in [0.25, 0.3) is 0 Å². The summed E-state index contributed by atoms with van der Waals surface area (Å²) in [5, 5.41) is 21.2. The highest BCUT2D eigenvalue weighted by Crippen LogP contribution is 2.53. The first kappa shape index (κ1) is 12.7. The molecule has 1 aromatic carbocycles. The lowest BCUT2D eigenvalue weighted by molar-refractivity contribution is -0.0875. The molecule has 0 aromatic heterocycles. The summed E-state index contributed by atoms with van der Waals surface area (Å²) in [5.74, 6) is 0.201. The van der Waals surface area contributed by atoms with E-state index in [-0.39, 0.29) is 5.92 Å². The van der Waals surface area contributed by atoms with Crippen LogP contribution in [0.1, 0.15) is 50.2 Å². The van der Waals surface area contributed by atoms with Gasteiger partial charge in [-0.2, -0.15) is 5.26 Å². The quantitative estimate of drug-likeness (QED) is 0.836. The van der Waals surface area contributed by atoms with E-state index in [9.17, 15) is 10.4 Å². The Morgan fingerprint density at radius 3 is 2.79 bits per heavy atom. The van der Waals surface area contributed by atoms with Crippen molar-refractivity contribution in [3.8, 4) is 6.07 Å². The number of aryl methyl sites for hydroxylation is 1. The highest BCUT2D eigenvalue weighted by atomic mass is 16.3. The molecule has 2 aliphatic rings. The molecule has 0 amide bonds. The normalized spacial score (nSPS) is 37.6. The summed E-state index contributed by atoms with van der Waals surface area (Å²) in [6.45, 7) is 2.11. The Kier molecular flexibility index (Phi) is 2.91. The second-order valence-electron chi connectivity index (χ2n) is 6.25. The molecule has 19 heavy (non-hydrogen) atoms. The number of hydrogen-bond acceptors (Lipinski definition) is 2. The van der Waals surface area contributed by atoms with E-state index < -0.39 is 11.0 Å². The van der Waals surface area contributed by atoms with Crippen LogP contribution in [0.15, 0.2) is 24.3 Å². The summed E-state index contributed by atoms with van der Waals surface area (Å²) < 4.78 is 0. The maximum atomic E-state index is 11.3. The van der Waals surface area contributed by atoms with Crippen LogP contribution >= 0.6 is 0 Å². The van der Waals surface area contributed by atoms with Gasteiger partial charge in [0.05, 0.1) is 11.7 Å². The summed E-state index contributed by atoms with van der Waals surface area (Å²) >= 11 is 0. The summed E-state index contributed by atoms with van der Waals surface area (Å²) in [6.07, 6.45) is 5.68. The van der Waals surface area contributed by atoms with Crippen LogP contribution in [0.3, 0.4) is 0 Å². The molecule has 2 nitrogen and oxygen atoms in total. The Hall–Kier alpha value is -1.33. The van der Waals surface area contributed by atoms with Crippen LogP contribution in [0.25, 0.3) is 0 Å². The van der Waals surface area contributed by atoms with Gasteiger partial charge in [0, 0.05) is 0 Å². The van der Waals surface area contributed by atoms with Crippen LogP contribution in [0, 0.1) is 17.2 Å². The molecule has 100 valence electrons. The maximum Gasteiger partial charge on any atom is 0.112 e. The van der Waals surface area contributed by atoms with Gasteiger partial charge in [-0.3, -0.25) is 0 Å². The Labute approximate surface area is 115 Å². The van der Waals surface area contributed by atoms with E-state index in [2.05, 4.69) is 19.1 Å². The van der Waals surface area contributed by atoms with Gasteiger partial charge in [0.2, 0.25) is 0 Å². The van der Waals surface area contributed by atoms with E-state index in [4.69, 9.17) is 0 Å². The Morgan fingerprint density at radius 1 is 1.26 bits per heavy atom. The van der Waals surface area contributed by atoms with Gasteiger partial charge in [-0.1, -0.05) is 44.0 Å². The van der Waals surface area contributed by atoms with Crippen molar-refractivity contribution in [1.29, 1.82) is 5.26 Å². The van der Waals surface area contributed by atoms with Crippen LogP contribution in [0.2, 0.25) is 0 Å². The number of rotatable bonds is 1. The van der Waals surface area contributed by atoms with E-state index in [1.54, 1.807) is 0 Å². The number of fused-ring (bicyclic) bond motifs is 1. The fourth-order valence-corrected chi connectivity index (χ4v) is 4.24. The number of nitrogens with zero attached hydrogens (tertiary/aromatic N) is 1. The van der Waals surface area contributed by atoms with E-state index in [0.29, 0.717) is 0 Å². The lowest BCUT2D eigenvalue weighted by Gasteiger charge is -2.47. The van der Waals surface area contributed by atoms with E-state index in [1.165, 1.54) is 12.0 Å². The van der Waals surface area contributed by atoms with E-state index in [1.807, 2.05) is 18.2 Å². The first-order chi connectivity index (χ1) is 9.14. The molecule has 1 aromatic rings. The third-order valence-electron chi connectivity index (χ3n) is 5.44. The van der Waals surface area contributed by atoms with Gasteiger partial charge in [0.15, 0.2) is 0 Å². The number of benzene rings is 1. The summed E-state index contributed by atoms with van der Waals surface area (Å²) in [6, 6.07) is 10.7. The van der Waals surface area contributed by atoms with E-state index in [0.717, 1.165) is 37.7 Å². The zero-order chi connectivity index (χ0) is 13.5. The third-order valence-corrected chi connectivity index (χ3v) is 5.44. The highest BCUT2D eigenvalue weighted by Gasteiger charge is 2.57. The third kappa shape index (κ3) is 1.58. The predicted octanol–water partition coefficient (Wildman–Crippen LogP) is 3.34. The molecule has 3 unspecified atom stereocenters. The zero-order valence-corrected chi connectivity index (χ0v) is 11.5. The van der Waals surface area contributed by atoms with Crippen molar-refractivity contribution >= 4 is 0 Å². The van der Waals surface area contributed by atoms with Gasteiger partial charge < -0.3 is 5.11 Å². The molecule has 1 fully saturated rings. The average Bonchev–Trinajstić information content (AvgIpc) is 2.83. The maximum absolute atomic E-state index is 11.3. The molecule has 0 spiro atoms. The molecule has 3 rings (SSSR count). The van der Waals surface area contributed by atoms with Crippen LogP contribution < -0.4 is 0 Å². The highest BCUT2D eigenvalue weighted by molar-refractivity contribution is 5.47. The Morgan fingerprint density at radius 2 is 2.05 bits per heavy atom. The smallest absolute Gasteiger partial charge is 0.112 e. The molecule has 3 atom stereocenters. The first-order valence-electron chi connectivity index (χ1n) is 7.36. The summed E-state index contributed by atoms with van der Waals surface area (Å²) in [7, 11) is 0. The number of aliphatic hydroxyl groups is 1. The minimum Gasteiger partial charge on any atom is -0.388 e. The van der Waals surface area contributed by atoms with Crippen molar-refractivity contribution in [1.82, 2.24) is 0 Å². The minimum atomic E-state index is -0.855. The Balaban J connectivity index is 2.13. The standard InChI is InChI=1S/C17H21NO/c1-13-6-4-5-10-17(13,19)16(12-18)11-9-14-7-2-3-8-15(14)16/h2-3,7-8,13,19H,4-6,9-11H2,1H3. The second-order valence-corrected chi connectivity index (χ2v) is 6.25. The number of nitriles is 1. The fraction of sp³-hybridized carbons (Fsp3) is 0.588. The van der Waals surface area contributed by atoms with Crippen molar-refractivity contribution in [3.05, 3.63) is 35.4 Å². The lowest BCUT2D eigenvalue weighted by atomic mass is 9.59. The molecule has 0 aliphatic heterocycles. The van der Waals surface area contributed by atoms with Crippen molar-refractivity contribution in [2.24, 2.45) is 5.92 Å². The average molecular weight is 255 g/mol. The van der Waals surface area contributed by atoms with Gasteiger partial charge in [-0.25, -0.2) is 0 Å². The summed E-state index contributed by atoms with van der Waals surface area (Å²) in [5.41, 5.74) is 0.778. The molecule has 1 N–H and O–H groups in total. The lowest BCUT2D eigenvalue weighted by Crippen LogP contribution is -2.55. The van der Waals surface area contributed by atoms with Crippen molar-refractivity contribution in [2.45, 2.75) is 56.5 Å². The Bertz CT molecular complexity index is 532. The number of hydrogen-bond donors (Lipinski definition) is 1. The molecular weight excluding hydrogens is 234 g/mol. The molecule has 0 saturated heterocycles. The largest absolute Gasteiger partial charge is 0.388 e. The molecule has 0 radical (unpaired) electrons. The van der Waals surface area contributed by atoms with Crippen LogP contribution in [0.4, 0.5) is 0 Å². The van der Waals surface area contributed by atoms with Crippen molar-refractivity contribution < 1.29 is 5.11 Å². The van der Waals surface area contributed by atoms with Gasteiger partial charge >= 0.3 is 0 Å². The predicted molar refractivity (Wildman–Crippen MR) is 74.6 cm³/mol. The SMILES string of the molecule is CC1CCCCC1(O)C1(C#N)CCc2ccccc21. The molecule has 2 heteroatoms. The van der Waals surface area contributed by atoms with Crippen molar-refractivity contribution in [3.63, 3.8) is 0 Å². The van der Waals surface area contributed by atoms with Gasteiger partial charge in [0.1, 0.15) is 5.41 Å². The molecule has 1 saturated carbocycles. The molecular formula is C17H21NO. The fourth-order valence-electron chi connectivity index (χ4n) is 4.24. The molecule has 0 heterocycles. The van der Waals surface area contributed by atoms with Crippen LogP contribution in [-0.2, 0) is 11.8 Å².